The van der Waals surface area contributed by atoms with Gasteiger partial charge >= 0.3 is 0 Å². The second-order valence-electron chi connectivity index (χ2n) is 5.10. The Morgan fingerprint density at radius 3 is 2.00 bits per heavy atom. The molecule has 0 aliphatic heterocycles. The van der Waals surface area contributed by atoms with Crippen molar-refractivity contribution in [1.29, 1.82) is 0 Å². The number of benzene rings is 2. The van der Waals surface area contributed by atoms with Crippen LogP contribution in [0.4, 0.5) is 5.69 Å². The summed E-state index contributed by atoms with van der Waals surface area (Å²) < 4.78 is 3.46. The van der Waals surface area contributed by atoms with E-state index in [1.54, 1.807) is 4.68 Å². The molecule has 21 heavy (non-hydrogen) atoms. The lowest BCUT2D eigenvalue weighted by Gasteiger charge is -2.13. The van der Waals surface area contributed by atoms with Crippen molar-refractivity contribution in [2.24, 2.45) is 0 Å². The van der Waals surface area contributed by atoms with Gasteiger partial charge in [0.25, 0.3) is 5.56 Å². The van der Waals surface area contributed by atoms with Gasteiger partial charge in [0.15, 0.2) is 0 Å². The van der Waals surface area contributed by atoms with Crippen molar-refractivity contribution < 1.29 is 0 Å². The van der Waals surface area contributed by atoms with Gasteiger partial charge in [0.05, 0.1) is 17.1 Å². The summed E-state index contributed by atoms with van der Waals surface area (Å²) in [6.07, 6.45) is 0. The molecule has 106 valence electrons. The van der Waals surface area contributed by atoms with Crippen LogP contribution in [0.1, 0.15) is 11.3 Å². The lowest BCUT2D eigenvalue weighted by Crippen LogP contribution is -2.21. The van der Waals surface area contributed by atoms with E-state index in [0.29, 0.717) is 0 Å². The van der Waals surface area contributed by atoms with E-state index in [2.05, 4.69) is 0 Å². The first-order valence-electron chi connectivity index (χ1n) is 6.82. The molecule has 3 rings (SSSR count). The number of aromatic nitrogens is 2. The van der Waals surface area contributed by atoms with Gasteiger partial charge < -0.3 is 5.73 Å². The Morgan fingerprint density at radius 2 is 1.38 bits per heavy atom. The molecular formula is C17H17N3O. The summed E-state index contributed by atoms with van der Waals surface area (Å²) in [5, 5.41) is 0. The minimum atomic E-state index is -0.194. The largest absolute Gasteiger partial charge is 0.393 e. The minimum Gasteiger partial charge on any atom is -0.393 e. The zero-order valence-corrected chi connectivity index (χ0v) is 12.1. The van der Waals surface area contributed by atoms with Crippen LogP contribution in [0.15, 0.2) is 59.4 Å². The SMILES string of the molecule is Cc1ccc(-n2c(=O)c(N)c(C)n2-c2ccccc2)cc1. The fraction of sp³-hybridized carbons (Fsp3) is 0.118. The number of nitrogens with zero attached hydrogens (tertiary/aromatic N) is 2. The molecular weight excluding hydrogens is 262 g/mol. The Labute approximate surface area is 123 Å². The summed E-state index contributed by atoms with van der Waals surface area (Å²) in [6, 6.07) is 17.5. The molecule has 0 aliphatic carbocycles. The Balaban J connectivity index is 2.32. The van der Waals surface area contributed by atoms with Crippen LogP contribution in [-0.4, -0.2) is 9.36 Å². The van der Waals surface area contributed by atoms with E-state index in [1.807, 2.05) is 73.1 Å². The number of rotatable bonds is 2. The number of hydrogen-bond donors (Lipinski definition) is 1. The van der Waals surface area contributed by atoms with Crippen molar-refractivity contribution in [1.82, 2.24) is 9.36 Å². The molecule has 0 spiro atoms. The van der Waals surface area contributed by atoms with Gasteiger partial charge in [-0.2, -0.15) is 0 Å². The maximum atomic E-state index is 12.5. The van der Waals surface area contributed by atoms with Crippen molar-refractivity contribution in [3.8, 4) is 11.4 Å². The molecule has 4 nitrogen and oxygen atoms in total. The molecule has 0 amide bonds. The van der Waals surface area contributed by atoms with Gasteiger partial charge in [0, 0.05) is 0 Å². The zero-order chi connectivity index (χ0) is 15.0. The van der Waals surface area contributed by atoms with E-state index in [1.165, 1.54) is 0 Å². The number of anilines is 1. The van der Waals surface area contributed by atoms with Crippen LogP contribution in [0.3, 0.4) is 0 Å². The van der Waals surface area contributed by atoms with Gasteiger partial charge in [-0.25, -0.2) is 9.36 Å². The Bertz CT molecular complexity index is 827. The summed E-state index contributed by atoms with van der Waals surface area (Å²) in [6.45, 7) is 3.87. The van der Waals surface area contributed by atoms with Crippen molar-refractivity contribution in [3.05, 3.63) is 76.2 Å². The van der Waals surface area contributed by atoms with Crippen molar-refractivity contribution >= 4 is 5.69 Å². The molecule has 1 heterocycles. The van der Waals surface area contributed by atoms with Gasteiger partial charge in [-0.3, -0.25) is 4.79 Å². The number of hydrogen-bond acceptors (Lipinski definition) is 2. The molecule has 0 atom stereocenters. The van der Waals surface area contributed by atoms with Gasteiger partial charge in [-0.15, -0.1) is 0 Å². The summed E-state index contributed by atoms with van der Waals surface area (Å²) in [5.74, 6) is 0. The van der Waals surface area contributed by atoms with Crippen LogP contribution in [0, 0.1) is 13.8 Å². The van der Waals surface area contributed by atoms with Crippen LogP contribution in [0.5, 0.6) is 0 Å². The first kappa shape index (κ1) is 13.2. The highest BCUT2D eigenvalue weighted by Gasteiger charge is 2.16. The molecule has 4 heteroatoms. The van der Waals surface area contributed by atoms with Crippen LogP contribution in [-0.2, 0) is 0 Å². The topological polar surface area (TPSA) is 52.9 Å². The third-order valence-corrected chi connectivity index (χ3v) is 3.61. The van der Waals surface area contributed by atoms with Crippen LogP contribution in [0.2, 0.25) is 0 Å². The Morgan fingerprint density at radius 1 is 0.810 bits per heavy atom. The normalized spacial score (nSPS) is 10.8. The van der Waals surface area contributed by atoms with Crippen molar-refractivity contribution in [3.63, 3.8) is 0 Å². The fourth-order valence-electron chi connectivity index (χ4n) is 2.42. The Hall–Kier alpha value is -2.75. The molecule has 2 aromatic carbocycles. The molecule has 0 radical (unpaired) electrons. The maximum absolute atomic E-state index is 12.5. The Kier molecular flexibility index (Phi) is 3.14. The average Bonchev–Trinajstić information content (AvgIpc) is 2.73. The number of nitrogen functional groups attached to an aromatic ring is 1. The van der Waals surface area contributed by atoms with E-state index in [0.717, 1.165) is 22.6 Å². The molecule has 0 saturated carbocycles. The summed E-state index contributed by atoms with van der Waals surface area (Å²) in [7, 11) is 0. The van der Waals surface area contributed by atoms with E-state index in [4.69, 9.17) is 5.73 Å². The van der Waals surface area contributed by atoms with E-state index in [9.17, 15) is 4.79 Å². The van der Waals surface area contributed by atoms with E-state index < -0.39 is 0 Å². The van der Waals surface area contributed by atoms with E-state index >= 15 is 0 Å². The first-order valence-corrected chi connectivity index (χ1v) is 6.82. The second kappa shape index (κ2) is 4.98. The molecule has 2 N–H and O–H groups in total. The highest BCUT2D eigenvalue weighted by molar-refractivity contribution is 5.49. The minimum absolute atomic E-state index is 0.194. The molecule has 0 fully saturated rings. The fourth-order valence-corrected chi connectivity index (χ4v) is 2.42. The lowest BCUT2D eigenvalue weighted by atomic mass is 10.2. The molecule has 1 aromatic heterocycles. The predicted octanol–water partition coefficient (Wildman–Crippen LogP) is 2.83. The predicted molar refractivity (Wildman–Crippen MR) is 85.3 cm³/mol. The van der Waals surface area contributed by atoms with Crippen LogP contribution in [0.25, 0.3) is 11.4 Å². The lowest BCUT2D eigenvalue weighted by molar-refractivity contribution is 0.707. The zero-order valence-electron chi connectivity index (χ0n) is 12.1. The quantitative estimate of drug-likeness (QED) is 0.784. The number of nitrogens with two attached hydrogens (primary N) is 1. The molecule has 3 aromatic rings. The average molecular weight is 279 g/mol. The molecule has 0 bridgehead atoms. The third kappa shape index (κ3) is 2.14. The smallest absolute Gasteiger partial charge is 0.295 e. The highest BCUT2D eigenvalue weighted by Crippen LogP contribution is 2.18. The van der Waals surface area contributed by atoms with Crippen molar-refractivity contribution in [2.75, 3.05) is 5.73 Å². The summed E-state index contributed by atoms with van der Waals surface area (Å²) >= 11 is 0. The van der Waals surface area contributed by atoms with E-state index in [-0.39, 0.29) is 11.2 Å². The third-order valence-electron chi connectivity index (χ3n) is 3.61. The standard InChI is InChI=1S/C17H17N3O/c1-12-8-10-15(11-9-12)20-17(21)16(18)13(2)19(20)14-6-4-3-5-7-14/h3-11H,18H2,1-2H3. The monoisotopic (exact) mass is 279 g/mol. The van der Waals surface area contributed by atoms with Crippen LogP contribution >= 0.6 is 0 Å². The highest BCUT2D eigenvalue weighted by atomic mass is 16.1. The second-order valence-corrected chi connectivity index (χ2v) is 5.10. The molecule has 0 aliphatic rings. The van der Waals surface area contributed by atoms with Crippen molar-refractivity contribution in [2.45, 2.75) is 13.8 Å². The summed E-state index contributed by atoms with van der Waals surface area (Å²) in [5.41, 5.74) is 9.63. The maximum Gasteiger partial charge on any atom is 0.295 e. The molecule has 0 saturated heterocycles. The van der Waals surface area contributed by atoms with Crippen LogP contribution < -0.4 is 11.3 Å². The molecule has 0 unspecified atom stereocenters. The van der Waals surface area contributed by atoms with Gasteiger partial charge in [0.2, 0.25) is 0 Å². The van der Waals surface area contributed by atoms with Gasteiger partial charge in [0.1, 0.15) is 5.69 Å². The summed E-state index contributed by atoms with van der Waals surface area (Å²) in [4.78, 5) is 12.5. The van der Waals surface area contributed by atoms with Gasteiger partial charge in [-0.05, 0) is 38.1 Å². The first-order chi connectivity index (χ1) is 10.1. The number of para-hydroxylation sites is 1. The van der Waals surface area contributed by atoms with Gasteiger partial charge in [-0.1, -0.05) is 35.9 Å². The number of aryl methyl sites for hydroxylation is 1.